The van der Waals surface area contributed by atoms with Gasteiger partial charge in [-0.25, -0.2) is 9.59 Å². The van der Waals surface area contributed by atoms with E-state index in [2.05, 4.69) is 0 Å². The summed E-state index contributed by atoms with van der Waals surface area (Å²) < 4.78 is 5.55. The first-order chi connectivity index (χ1) is 8.88. The van der Waals surface area contributed by atoms with E-state index < -0.39 is 18.1 Å². The predicted octanol–water partition coefficient (Wildman–Crippen LogP) is -0.265. The molecule has 7 nitrogen and oxygen atoms in total. The summed E-state index contributed by atoms with van der Waals surface area (Å²) in [5.41, 5.74) is 0. The van der Waals surface area contributed by atoms with Gasteiger partial charge in [-0.15, -0.1) is 0 Å². The predicted molar refractivity (Wildman–Crippen MR) is 65.7 cm³/mol. The second-order valence-corrected chi connectivity index (χ2v) is 5.34. The summed E-state index contributed by atoms with van der Waals surface area (Å²) in [6, 6.07) is -1.26. The molecule has 2 amide bonds. The van der Waals surface area contributed by atoms with Crippen molar-refractivity contribution < 1.29 is 24.5 Å². The molecule has 19 heavy (non-hydrogen) atoms. The minimum atomic E-state index is -1.07. The summed E-state index contributed by atoms with van der Waals surface area (Å²) in [6.07, 6.45) is -0.802. The third kappa shape index (κ3) is 2.98. The van der Waals surface area contributed by atoms with Crippen LogP contribution in [0.3, 0.4) is 0 Å². The summed E-state index contributed by atoms with van der Waals surface area (Å²) in [5, 5.41) is 18.7. The lowest BCUT2D eigenvalue weighted by Crippen LogP contribution is -2.54. The van der Waals surface area contributed by atoms with Crippen LogP contribution in [0.4, 0.5) is 4.79 Å². The summed E-state index contributed by atoms with van der Waals surface area (Å²) in [5.74, 6) is -1.07. The number of amides is 2. The highest BCUT2D eigenvalue weighted by Crippen LogP contribution is 2.22. The van der Waals surface area contributed by atoms with E-state index in [4.69, 9.17) is 9.84 Å². The van der Waals surface area contributed by atoms with Gasteiger partial charge in [0.15, 0.2) is 0 Å². The fourth-order valence-corrected chi connectivity index (χ4v) is 2.78. The molecule has 0 aliphatic carbocycles. The standard InChI is InChI=1S/C12H20N2O5/c1-7-4-13(5-8(2)19-7)12(18)14-6-9(15)3-10(14)11(16)17/h7-10,15H,3-6H2,1-2H3,(H,16,17)/t7-,8+,9?,10?. The Bertz CT molecular complexity index is 365. The Morgan fingerprint density at radius 3 is 2.26 bits per heavy atom. The van der Waals surface area contributed by atoms with Gasteiger partial charge in [0.05, 0.1) is 18.3 Å². The zero-order valence-electron chi connectivity index (χ0n) is 11.2. The molecule has 0 aromatic carbocycles. The van der Waals surface area contributed by atoms with Crippen molar-refractivity contribution in [1.29, 1.82) is 0 Å². The van der Waals surface area contributed by atoms with Crippen LogP contribution in [0.25, 0.3) is 0 Å². The lowest BCUT2D eigenvalue weighted by atomic mass is 10.2. The number of carbonyl (C=O) groups excluding carboxylic acids is 1. The fourth-order valence-electron chi connectivity index (χ4n) is 2.78. The molecule has 2 N–H and O–H groups in total. The number of carboxylic acid groups (broad SMARTS) is 1. The van der Waals surface area contributed by atoms with Gasteiger partial charge in [0.2, 0.25) is 0 Å². The number of nitrogens with zero attached hydrogens (tertiary/aromatic N) is 2. The van der Waals surface area contributed by atoms with Crippen LogP contribution in [0.1, 0.15) is 20.3 Å². The fraction of sp³-hybridized carbons (Fsp3) is 0.833. The molecule has 0 aromatic rings. The maximum absolute atomic E-state index is 12.4. The van der Waals surface area contributed by atoms with E-state index in [9.17, 15) is 14.7 Å². The Morgan fingerprint density at radius 2 is 1.74 bits per heavy atom. The van der Waals surface area contributed by atoms with Gasteiger partial charge in [-0.2, -0.15) is 0 Å². The number of aliphatic hydroxyl groups excluding tert-OH is 1. The Labute approximate surface area is 111 Å². The maximum Gasteiger partial charge on any atom is 0.326 e. The monoisotopic (exact) mass is 272 g/mol. The number of carbonyl (C=O) groups is 2. The molecule has 108 valence electrons. The molecular weight excluding hydrogens is 252 g/mol. The van der Waals surface area contributed by atoms with Crippen LogP contribution in [-0.2, 0) is 9.53 Å². The first-order valence-corrected chi connectivity index (χ1v) is 6.50. The van der Waals surface area contributed by atoms with Crippen LogP contribution < -0.4 is 0 Å². The summed E-state index contributed by atoms with van der Waals surface area (Å²) in [7, 11) is 0. The van der Waals surface area contributed by atoms with Gasteiger partial charge >= 0.3 is 12.0 Å². The smallest absolute Gasteiger partial charge is 0.326 e. The van der Waals surface area contributed by atoms with Gasteiger partial charge in [-0.05, 0) is 13.8 Å². The number of carboxylic acids is 1. The number of urea groups is 1. The highest BCUT2D eigenvalue weighted by Gasteiger charge is 2.41. The van der Waals surface area contributed by atoms with Crippen LogP contribution in [0.5, 0.6) is 0 Å². The third-order valence-corrected chi connectivity index (χ3v) is 3.50. The molecule has 4 atom stereocenters. The number of morpholine rings is 1. The van der Waals surface area contributed by atoms with Crippen LogP contribution in [0, 0.1) is 0 Å². The third-order valence-electron chi connectivity index (χ3n) is 3.50. The molecule has 2 heterocycles. The average molecular weight is 272 g/mol. The summed E-state index contributed by atoms with van der Waals surface area (Å²) >= 11 is 0. The minimum absolute atomic E-state index is 0.0662. The highest BCUT2D eigenvalue weighted by atomic mass is 16.5. The van der Waals surface area contributed by atoms with E-state index in [-0.39, 0.29) is 31.2 Å². The molecule has 2 unspecified atom stereocenters. The van der Waals surface area contributed by atoms with E-state index >= 15 is 0 Å². The number of hydrogen-bond donors (Lipinski definition) is 2. The Morgan fingerprint density at radius 1 is 1.16 bits per heavy atom. The molecule has 7 heteroatoms. The van der Waals surface area contributed by atoms with Crippen molar-refractivity contribution >= 4 is 12.0 Å². The van der Waals surface area contributed by atoms with Crippen LogP contribution in [0.15, 0.2) is 0 Å². The Balaban J connectivity index is 2.07. The van der Waals surface area contributed by atoms with Crippen LogP contribution in [0.2, 0.25) is 0 Å². The number of likely N-dealkylation sites (tertiary alicyclic amines) is 1. The maximum atomic E-state index is 12.4. The number of hydrogen-bond acceptors (Lipinski definition) is 4. The van der Waals surface area contributed by atoms with Crippen molar-refractivity contribution in [1.82, 2.24) is 9.80 Å². The minimum Gasteiger partial charge on any atom is -0.480 e. The molecule has 2 aliphatic rings. The zero-order chi connectivity index (χ0) is 14.2. The summed E-state index contributed by atoms with van der Waals surface area (Å²) in [6.45, 7) is 4.73. The molecule has 2 rings (SSSR count). The van der Waals surface area contributed by atoms with Crippen molar-refractivity contribution in [2.75, 3.05) is 19.6 Å². The van der Waals surface area contributed by atoms with E-state index in [0.717, 1.165) is 0 Å². The molecule has 0 radical (unpaired) electrons. The Kier molecular flexibility index (Phi) is 3.96. The number of ether oxygens (including phenoxy) is 1. The Hall–Kier alpha value is -1.34. The van der Waals surface area contributed by atoms with Crippen molar-refractivity contribution in [2.45, 2.75) is 44.6 Å². The molecule has 2 aliphatic heterocycles. The number of β-amino-alcohol motifs (C(OH)–C–C–N with tert-alkyl or cyclic N) is 1. The van der Waals surface area contributed by atoms with Gasteiger partial charge in [0.25, 0.3) is 0 Å². The zero-order valence-corrected chi connectivity index (χ0v) is 11.2. The van der Waals surface area contributed by atoms with Crippen LogP contribution in [-0.4, -0.2) is 76.0 Å². The number of rotatable bonds is 1. The van der Waals surface area contributed by atoms with Gasteiger partial charge in [0, 0.05) is 26.1 Å². The normalized spacial score (nSPS) is 35.5. The van der Waals surface area contributed by atoms with Gasteiger partial charge in [0.1, 0.15) is 6.04 Å². The molecule has 0 bridgehead atoms. The van der Waals surface area contributed by atoms with E-state index in [1.54, 1.807) is 4.90 Å². The van der Waals surface area contributed by atoms with Crippen LogP contribution >= 0.6 is 0 Å². The first-order valence-electron chi connectivity index (χ1n) is 6.50. The molecular formula is C12H20N2O5. The quantitative estimate of drug-likeness (QED) is 0.686. The number of aliphatic hydroxyl groups is 1. The van der Waals surface area contributed by atoms with Crippen molar-refractivity contribution in [3.05, 3.63) is 0 Å². The van der Waals surface area contributed by atoms with Gasteiger partial charge in [-0.1, -0.05) is 0 Å². The summed E-state index contributed by atoms with van der Waals surface area (Å²) in [4.78, 5) is 26.4. The molecule has 2 fully saturated rings. The molecule has 0 spiro atoms. The average Bonchev–Trinajstić information content (AvgIpc) is 2.69. The van der Waals surface area contributed by atoms with E-state index in [1.165, 1.54) is 4.90 Å². The van der Waals surface area contributed by atoms with Crippen molar-refractivity contribution in [3.8, 4) is 0 Å². The SMILES string of the molecule is C[C@@H]1CN(C(=O)N2CC(O)CC2C(=O)O)C[C@H](C)O1. The van der Waals surface area contributed by atoms with Crippen molar-refractivity contribution in [2.24, 2.45) is 0 Å². The van der Waals surface area contributed by atoms with E-state index in [0.29, 0.717) is 13.1 Å². The second-order valence-electron chi connectivity index (χ2n) is 5.34. The van der Waals surface area contributed by atoms with Gasteiger partial charge < -0.3 is 24.7 Å². The van der Waals surface area contributed by atoms with E-state index in [1.807, 2.05) is 13.8 Å². The highest BCUT2D eigenvalue weighted by molar-refractivity contribution is 5.83. The van der Waals surface area contributed by atoms with Crippen molar-refractivity contribution in [3.63, 3.8) is 0 Å². The first kappa shape index (κ1) is 14.1. The lowest BCUT2D eigenvalue weighted by Gasteiger charge is -2.38. The molecule has 0 saturated carbocycles. The molecule has 2 saturated heterocycles. The lowest BCUT2D eigenvalue weighted by molar-refractivity contribution is -0.141. The molecule has 0 aromatic heterocycles. The van der Waals surface area contributed by atoms with Gasteiger partial charge in [-0.3, -0.25) is 0 Å². The topological polar surface area (TPSA) is 90.3 Å². The largest absolute Gasteiger partial charge is 0.480 e. The number of aliphatic carboxylic acids is 1. The second kappa shape index (κ2) is 5.34.